The van der Waals surface area contributed by atoms with Gasteiger partial charge < -0.3 is 4.79 Å². The highest BCUT2D eigenvalue weighted by Crippen LogP contribution is 2.19. The van der Waals surface area contributed by atoms with Gasteiger partial charge in [0, 0.05) is 6.42 Å². The zero-order valence-electron chi connectivity index (χ0n) is 7.94. The Hall–Kier alpha value is -1.63. The Kier molecular flexibility index (Phi) is 2.59. The summed E-state index contributed by atoms with van der Waals surface area (Å²) in [7, 11) is 0. The van der Waals surface area contributed by atoms with Crippen LogP contribution in [0.15, 0.2) is 42.5 Å². The third-order valence-corrected chi connectivity index (χ3v) is 2.41. The molecule has 0 fully saturated rings. The molecular formula is C13H12O. The molecule has 0 amide bonds. The maximum Gasteiger partial charge on any atom is 0.120 e. The van der Waals surface area contributed by atoms with Crippen molar-refractivity contribution in [1.29, 1.82) is 0 Å². The molecule has 0 unspecified atom stereocenters. The molecule has 0 aromatic heterocycles. The van der Waals surface area contributed by atoms with E-state index in [1.807, 2.05) is 18.2 Å². The van der Waals surface area contributed by atoms with Gasteiger partial charge in [0.15, 0.2) is 0 Å². The van der Waals surface area contributed by atoms with Crippen LogP contribution in [0, 0.1) is 0 Å². The summed E-state index contributed by atoms with van der Waals surface area (Å²) in [4.78, 5) is 10.3. The molecular weight excluding hydrogens is 172 g/mol. The fraction of sp³-hybridized carbons (Fsp3) is 0.154. The first-order chi connectivity index (χ1) is 6.92. The third kappa shape index (κ3) is 1.67. The SMILES string of the molecule is O=CCCc1cccc2ccccc12. The number of hydrogen-bond donors (Lipinski definition) is 0. The maximum atomic E-state index is 10.3. The van der Waals surface area contributed by atoms with Crippen molar-refractivity contribution in [1.82, 2.24) is 0 Å². The van der Waals surface area contributed by atoms with E-state index < -0.39 is 0 Å². The molecule has 0 aliphatic rings. The third-order valence-electron chi connectivity index (χ3n) is 2.41. The Morgan fingerprint density at radius 3 is 2.64 bits per heavy atom. The van der Waals surface area contributed by atoms with Crippen molar-refractivity contribution >= 4 is 17.1 Å². The first kappa shape index (κ1) is 8.95. The maximum absolute atomic E-state index is 10.3. The number of fused-ring (bicyclic) bond motifs is 1. The number of rotatable bonds is 3. The lowest BCUT2D eigenvalue weighted by Crippen LogP contribution is -1.87. The van der Waals surface area contributed by atoms with Gasteiger partial charge in [-0.1, -0.05) is 42.5 Å². The van der Waals surface area contributed by atoms with Crippen LogP contribution in [-0.2, 0) is 11.2 Å². The summed E-state index contributed by atoms with van der Waals surface area (Å²) in [6.45, 7) is 0. The van der Waals surface area contributed by atoms with Crippen LogP contribution >= 0.6 is 0 Å². The van der Waals surface area contributed by atoms with Gasteiger partial charge >= 0.3 is 0 Å². The van der Waals surface area contributed by atoms with Gasteiger partial charge in [0.05, 0.1) is 0 Å². The lowest BCUT2D eigenvalue weighted by atomic mass is 10.0. The van der Waals surface area contributed by atoms with E-state index in [0.717, 1.165) is 12.7 Å². The minimum atomic E-state index is 0.605. The molecule has 1 nitrogen and oxygen atoms in total. The second-order valence-corrected chi connectivity index (χ2v) is 3.34. The van der Waals surface area contributed by atoms with Crippen LogP contribution in [-0.4, -0.2) is 6.29 Å². The normalized spacial score (nSPS) is 10.3. The molecule has 0 N–H and O–H groups in total. The molecule has 2 aromatic rings. The standard InChI is InChI=1S/C13H12O/c14-10-4-8-12-7-3-6-11-5-1-2-9-13(11)12/h1-3,5-7,9-10H,4,8H2. The van der Waals surface area contributed by atoms with Gasteiger partial charge in [0.2, 0.25) is 0 Å². The van der Waals surface area contributed by atoms with Crippen molar-refractivity contribution in [3.05, 3.63) is 48.0 Å². The molecule has 0 atom stereocenters. The average Bonchev–Trinajstić information content (AvgIpc) is 2.26. The molecule has 1 heteroatoms. The van der Waals surface area contributed by atoms with Crippen molar-refractivity contribution in [2.75, 3.05) is 0 Å². The molecule has 0 saturated carbocycles. The number of carbonyl (C=O) groups excluding carboxylic acids is 1. The van der Waals surface area contributed by atoms with Crippen LogP contribution in [0.2, 0.25) is 0 Å². The second-order valence-electron chi connectivity index (χ2n) is 3.34. The van der Waals surface area contributed by atoms with E-state index in [-0.39, 0.29) is 0 Å². The second kappa shape index (κ2) is 4.05. The number of aldehydes is 1. The number of hydrogen-bond acceptors (Lipinski definition) is 1. The highest BCUT2D eigenvalue weighted by molar-refractivity contribution is 5.85. The lowest BCUT2D eigenvalue weighted by molar-refractivity contribution is -0.107. The molecule has 0 spiro atoms. The Morgan fingerprint density at radius 2 is 1.79 bits per heavy atom. The van der Waals surface area contributed by atoms with Gasteiger partial charge in [0.25, 0.3) is 0 Å². The molecule has 0 aliphatic carbocycles. The molecule has 0 radical (unpaired) electrons. The van der Waals surface area contributed by atoms with Crippen molar-refractivity contribution in [2.24, 2.45) is 0 Å². The van der Waals surface area contributed by atoms with Crippen LogP contribution in [0.1, 0.15) is 12.0 Å². The van der Waals surface area contributed by atoms with Crippen molar-refractivity contribution < 1.29 is 4.79 Å². The Labute approximate surface area is 83.4 Å². The zero-order chi connectivity index (χ0) is 9.80. The fourth-order valence-corrected chi connectivity index (χ4v) is 1.72. The average molecular weight is 184 g/mol. The molecule has 0 aliphatic heterocycles. The van der Waals surface area contributed by atoms with E-state index in [0.29, 0.717) is 6.42 Å². The van der Waals surface area contributed by atoms with E-state index in [1.165, 1.54) is 16.3 Å². The monoisotopic (exact) mass is 184 g/mol. The van der Waals surface area contributed by atoms with Crippen LogP contribution in [0.25, 0.3) is 10.8 Å². The highest BCUT2D eigenvalue weighted by Gasteiger charge is 1.98. The van der Waals surface area contributed by atoms with Gasteiger partial charge in [-0.25, -0.2) is 0 Å². The highest BCUT2D eigenvalue weighted by atomic mass is 16.1. The van der Waals surface area contributed by atoms with Crippen molar-refractivity contribution in [3.8, 4) is 0 Å². The molecule has 0 bridgehead atoms. The summed E-state index contributed by atoms with van der Waals surface area (Å²) < 4.78 is 0. The number of benzene rings is 2. The predicted octanol–water partition coefficient (Wildman–Crippen LogP) is 2.97. The van der Waals surface area contributed by atoms with Crippen LogP contribution in [0.5, 0.6) is 0 Å². The summed E-state index contributed by atoms with van der Waals surface area (Å²) in [5, 5.41) is 2.51. The molecule has 0 heterocycles. The largest absolute Gasteiger partial charge is 0.303 e. The van der Waals surface area contributed by atoms with Crippen LogP contribution in [0.3, 0.4) is 0 Å². The molecule has 2 rings (SSSR count). The topological polar surface area (TPSA) is 17.1 Å². The van der Waals surface area contributed by atoms with E-state index in [9.17, 15) is 4.79 Å². The first-order valence-corrected chi connectivity index (χ1v) is 4.82. The Bertz CT molecular complexity index is 440. The fourth-order valence-electron chi connectivity index (χ4n) is 1.72. The van der Waals surface area contributed by atoms with Gasteiger partial charge in [-0.15, -0.1) is 0 Å². The summed E-state index contributed by atoms with van der Waals surface area (Å²) in [6.07, 6.45) is 2.42. The quantitative estimate of drug-likeness (QED) is 0.670. The van der Waals surface area contributed by atoms with E-state index >= 15 is 0 Å². The van der Waals surface area contributed by atoms with E-state index in [2.05, 4.69) is 24.3 Å². The van der Waals surface area contributed by atoms with E-state index in [4.69, 9.17) is 0 Å². The smallest absolute Gasteiger partial charge is 0.120 e. The van der Waals surface area contributed by atoms with Crippen LogP contribution < -0.4 is 0 Å². The minimum Gasteiger partial charge on any atom is -0.303 e. The van der Waals surface area contributed by atoms with E-state index in [1.54, 1.807) is 0 Å². The van der Waals surface area contributed by atoms with Gasteiger partial charge in [-0.3, -0.25) is 0 Å². The minimum absolute atomic E-state index is 0.605. The first-order valence-electron chi connectivity index (χ1n) is 4.82. The molecule has 70 valence electrons. The van der Waals surface area contributed by atoms with Crippen molar-refractivity contribution in [2.45, 2.75) is 12.8 Å². The predicted molar refractivity (Wildman–Crippen MR) is 58.3 cm³/mol. The van der Waals surface area contributed by atoms with Gasteiger partial charge in [-0.2, -0.15) is 0 Å². The Balaban J connectivity index is 2.48. The summed E-state index contributed by atoms with van der Waals surface area (Å²) in [5.74, 6) is 0. The zero-order valence-corrected chi connectivity index (χ0v) is 7.94. The Morgan fingerprint density at radius 1 is 1.00 bits per heavy atom. The summed E-state index contributed by atoms with van der Waals surface area (Å²) >= 11 is 0. The van der Waals surface area contributed by atoms with Gasteiger partial charge in [0.1, 0.15) is 6.29 Å². The lowest BCUT2D eigenvalue weighted by Gasteiger charge is -2.03. The summed E-state index contributed by atoms with van der Waals surface area (Å²) in [5.41, 5.74) is 1.26. The summed E-state index contributed by atoms with van der Waals surface area (Å²) in [6, 6.07) is 14.5. The van der Waals surface area contributed by atoms with Crippen LogP contribution in [0.4, 0.5) is 0 Å². The molecule has 14 heavy (non-hydrogen) atoms. The number of carbonyl (C=O) groups is 1. The van der Waals surface area contributed by atoms with Gasteiger partial charge in [-0.05, 0) is 22.8 Å². The molecule has 2 aromatic carbocycles. The van der Waals surface area contributed by atoms with Crippen molar-refractivity contribution in [3.63, 3.8) is 0 Å². The number of aryl methyl sites for hydroxylation is 1. The molecule has 0 saturated heterocycles.